The summed E-state index contributed by atoms with van der Waals surface area (Å²) in [7, 11) is 0. The average molecular weight is 354 g/mol. The number of likely N-dealkylation sites (tertiary alicyclic amines) is 1. The molecule has 5 heteroatoms. The highest BCUT2D eigenvalue weighted by Crippen LogP contribution is 2.27. The van der Waals surface area contributed by atoms with E-state index in [-0.39, 0.29) is 18.1 Å². The first kappa shape index (κ1) is 17.4. The van der Waals surface area contributed by atoms with Gasteiger partial charge in [0.05, 0.1) is 25.2 Å². The number of ether oxygens (including phenoxy) is 2. The van der Waals surface area contributed by atoms with Crippen LogP contribution in [0.2, 0.25) is 0 Å². The molecule has 4 rings (SSSR count). The normalized spacial score (nSPS) is 21.5. The summed E-state index contributed by atoms with van der Waals surface area (Å²) in [5.74, 6) is 0.461. The zero-order valence-corrected chi connectivity index (χ0v) is 15.5. The molecule has 3 heterocycles. The maximum Gasteiger partial charge on any atom is 0.227 e. The fourth-order valence-corrected chi connectivity index (χ4v) is 4.20. The number of benzene rings is 1. The molecule has 2 fully saturated rings. The van der Waals surface area contributed by atoms with Crippen LogP contribution in [0, 0.1) is 19.8 Å². The smallest absolute Gasteiger partial charge is 0.227 e. The molecule has 1 unspecified atom stereocenters. The van der Waals surface area contributed by atoms with Crippen LogP contribution in [0.5, 0.6) is 0 Å². The van der Waals surface area contributed by atoms with Gasteiger partial charge in [-0.2, -0.15) is 0 Å². The van der Waals surface area contributed by atoms with E-state index in [1.54, 1.807) is 0 Å². The van der Waals surface area contributed by atoms with Gasteiger partial charge in [-0.15, -0.1) is 0 Å². The first-order valence-corrected chi connectivity index (χ1v) is 9.49. The Kier molecular flexibility index (Phi) is 4.92. The number of carbonyl (C=O) groups is 1. The molecule has 0 radical (unpaired) electrons. The summed E-state index contributed by atoms with van der Waals surface area (Å²) in [5.41, 5.74) is 4.17. The number of aryl methyl sites for hydroxylation is 2. The van der Waals surface area contributed by atoms with E-state index >= 15 is 0 Å². The number of amides is 1. The molecule has 0 saturated carbocycles. The first-order valence-electron chi connectivity index (χ1n) is 9.49. The number of hydrogen-bond donors (Lipinski definition) is 0. The lowest BCUT2D eigenvalue weighted by atomic mass is 9.95. The van der Waals surface area contributed by atoms with Gasteiger partial charge in [-0.1, -0.05) is 18.2 Å². The largest absolute Gasteiger partial charge is 0.350 e. The molecule has 0 spiro atoms. The first-order chi connectivity index (χ1) is 12.6. The van der Waals surface area contributed by atoms with Crippen molar-refractivity contribution in [1.82, 2.24) is 9.88 Å². The Labute approximate surface area is 154 Å². The van der Waals surface area contributed by atoms with Gasteiger partial charge in [-0.3, -0.25) is 9.78 Å². The van der Waals surface area contributed by atoms with Gasteiger partial charge in [-0.05, 0) is 43.9 Å². The molecule has 0 N–H and O–H groups in total. The molecule has 2 aliphatic heterocycles. The molecule has 1 amide bonds. The highest BCUT2D eigenvalue weighted by atomic mass is 16.7. The number of rotatable bonds is 3. The average Bonchev–Trinajstić information content (AvgIpc) is 3.20. The minimum atomic E-state index is -0.142. The summed E-state index contributed by atoms with van der Waals surface area (Å²) in [6, 6.07) is 8.13. The number of aromatic nitrogens is 1. The number of fused-ring (bicyclic) bond motifs is 1. The Bertz CT molecular complexity index is 814. The van der Waals surface area contributed by atoms with E-state index in [9.17, 15) is 4.79 Å². The van der Waals surface area contributed by atoms with Gasteiger partial charge in [0, 0.05) is 30.1 Å². The number of hydrogen-bond acceptors (Lipinski definition) is 4. The minimum Gasteiger partial charge on any atom is -0.350 e. The van der Waals surface area contributed by atoms with E-state index in [0.29, 0.717) is 19.6 Å². The highest BCUT2D eigenvalue weighted by molar-refractivity contribution is 5.86. The Morgan fingerprint density at radius 1 is 1.23 bits per heavy atom. The molecular formula is C21H26N2O3. The lowest BCUT2D eigenvalue weighted by Gasteiger charge is -2.35. The van der Waals surface area contributed by atoms with E-state index in [2.05, 4.69) is 13.0 Å². The Hall–Kier alpha value is -1.98. The van der Waals surface area contributed by atoms with Crippen LogP contribution in [0.4, 0.5) is 0 Å². The molecule has 2 aromatic rings. The van der Waals surface area contributed by atoms with Crippen LogP contribution < -0.4 is 0 Å². The van der Waals surface area contributed by atoms with Crippen LogP contribution in [-0.4, -0.2) is 48.4 Å². The molecule has 26 heavy (non-hydrogen) atoms. The van der Waals surface area contributed by atoms with E-state index in [4.69, 9.17) is 14.5 Å². The van der Waals surface area contributed by atoms with Crippen LogP contribution in [0.1, 0.15) is 29.7 Å². The van der Waals surface area contributed by atoms with E-state index < -0.39 is 0 Å². The second kappa shape index (κ2) is 7.33. The molecule has 2 aliphatic rings. The predicted octanol–water partition coefficient (Wildman–Crippen LogP) is 3.01. The maximum atomic E-state index is 13.0. The third kappa shape index (κ3) is 3.33. The topological polar surface area (TPSA) is 51.7 Å². The number of pyridine rings is 1. The summed E-state index contributed by atoms with van der Waals surface area (Å²) in [6.45, 7) is 6.97. The quantitative estimate of drug-likeness (QED) is 0.850. The van der Waals surface area contributed by atoms with Crippen molar-refractivity contribution in [2.24, 2.45) is 5.92 Å². The molecule has 5 nitrogen and oxygen atoms in total. The fourth-order valence-electron chi connectivity index (χ4n) is 4.20. The van der Waals surface area contributed by atoms with Crippen LogP contribution in [0.25, 0.3) is 10.9 Å². The van der Waals surface area contributed by atoms with Crippen molar-refractivity contribution in [2.45, 2.75) is 39.4 Å². The van der Waals surface area contributed by atoms with Gasteiger partial charge in [-0.25, -0.2) is 0 Å². The summed E-state index contributed by atoms with van der Waals surface area (Å²) < 4.78 is 11.3. The van der Waals surface area contributed by atoms with Gasteiger partial charge in [0.15, 0.2) is 6.29 Å². The van der Waals surface area contributed by atoms with Gasteiger partial charge >= 0.3 is 0 Å². The third-order valence-electron chi connectivity index (χ3n) is 5.66. The zero-order valence-electron chi connectivity index (χ0n) is 15.5. The minimum absolute atomic E-state index is 0.142. The lowest BCUT2D eigenvalue weighted by Crippen LogP contribution is -2.44. The molecule has 1 aromatic heterocycles. The van der Waals surface area contributed by atoms with Crippen molar-refractivity contribution >= 4 is 16.8 Å². The van der Waals surface area contributed by atoms with Crippen LogP contribution in [0.3, 0.4) is 0 Å². The number of nitrogens with zero attached hydrogens (tertiary/aromatic N) is 2. The van der Waals surface area contributed by atoms with Crippen molar-refractivity contribution in [3.63, 3.8) is 0 Å². The molecule has 2 saturated heterocycles. The number of carbonyl (C=O) groups excluding carboxylic acids is 1. The predicted molar refractivity (Wildman–Crippen MR) is 99.9 cm³/mol. The number of piperidine rings is 1. The van der Waals surface area contributed by atoms with Gasteiger partial charge < -0.3 is 14.4 Å². The van der Waals surface area contributed by atoms with Gasteiger partial charge in [0.2, 0.25) is 5.91 Å². The van der Waals surface area contributed by atoms with Crippen LogP contribution in [0.15, 0.2) is 24.3 Å². The van der Waals surface area contributed by atoms with Gasteiger partial charge in [0.25, 0.3) is 0 Å². The maximum absolute atomic E-state index is 13.0. The Balaban J connectivity index is 1.51. The molecular weight excluding hydrogens is 328 g/mol. The zero-order chi connectivity index (χ0) is 18.1. The molecule has 138 valence electrons. The summed E-state index contributed by atoms with van der Waals surface area (Å²) in [4.78, 5) is 19.7. The summed E-state index contributed by atoms with van der Waals surface area (Å²) in [5, 5.41) is 1.13. The standard InChI is InChI=1S/C21H26N2O3/c1-14-17-7-3-4-8-19(17)22-15(2)18(14)12-20(24)23-9-5-6-16(13-23)21-25-10-11-26-21/h3-4,7-8,16,21H,5-6,9-13H2,1-2H3. The Morgan fingerprint density at radius 3 is 2.81 bits per heavy atom. The number of para-hydroxylation sites is 1. The second-order valence-corrected chi connectivity index (χ2v) is 7.35. The van der Waals surface area contributed by atoms with Crippen molar-refractivity contribution in [3.8, 4) is 0 Å². The Morgan fingerprint density at radius 2 is 2.00 bits per heavy atom. The third-order valence-corrected chi connectivity index (χ3v) is 5.66. The van der Waals surface area contributed by atoms with Crippen LogP contribution >= 0.6 is 0 Å². The summed E-state index contributed by atoms with van der Waals surface area (Å²) in [6.07, 6.45) is 2.34. The summed E-state index contributed by atoms with van der Waals surface area (Å²) >= 11 is 0. The van der Waals surface area contributed by atoms with Crippen molar-refractivity contribution in [2.75, 3.05) is 26.3 Å². The van der Waals surface area contributed by atoms with E-state index in [0.717, 1.165) is 53.7 Å². The van der Waals surface area contributed by atoms with Crippen molar-refractivity contribution < 1.29 is 14.3 Å². The van der Waals surface area contributed by atoms with Crippen LogP contribution in [-0.2, 0) is 20.7 Å². The molecule has 0 aliphatic carbocycles. The second-order valence-electron chi connectivity index (χ2n) is 7.35. The molecule has 0 bridgehead atoms. The molecule has 1 aromatic carbocycles. The van der Waals surface area contributed by atoms with Gasteiger partial charge in [0.1, 0.15) is 0 Å². The van der Waals surface area contributed by atoms with E-state index in [1.165, 1.54) is 0 Å². The SMILES string of the molecule is Cc1nc2ccccc2c(C)c1CC(=O)N1CCCC(C2OCCO2)C1. The van der Waals surface area contributed by atoms with E-state index in [1.807, 2.05) is 30.0 Å². The molecule has 1 atom stereocenters. The fraction of sp³-hybridized carbons (Fsp3) is 0.524. The highest BCUT2D eigenvalue weighted by Gasteiger charge is 2.33. The monoisotopic (exact) mass is 354 g/mol. The van der Waals surface area contributed by atoms with Crippen molar-refractivity contribution in [3.05, 3.63) is 41.1 Å². The van der Waals surface area contributed by atoms with Crippen molar-refractivity contribution in [1.29, 1.82) is 0 Å². The lowest BCUT2D eigenvalue weighted by molar-refractivity contribution is -0.138.